The van der Waals surface area contributed by atoms with Crippen LogP contribution in [0.3, 0.4) is 0 Å². The number of aromatic amines is 1. The fourth-order valence-electron chi connectivity index (χ4n) is 2.06. The second-order valence-electron chi connectivity index (χ2n) is 4.16. The number of H-pyrrole nitrogens is 1. The molecule has 5 nitrogen and oxygen atoms in total. The van der Waals surface area contributed by atoms with Crippen molar-refractivity contribution in [2.45, 2.75) is 43.9 Å². The van der Waals surface area contributed by atoms with Crippen LogP contribution in [-0.2, 0) is 16.6 Å². The van der Waals surface area contributed by atoms with Crippen molar-refractivity contribution in [1.29, 1.82) is 0 Å². The van der Waals surface area contributed by atoms with E-state index in [1.807, 2.05) is 0 Å². The van der Waals surface area contributed by atoms with Gasteiger partial charge in [0.1, 0.15) is 5.82 Å². The fraction of sp³-hybridized carbons (Fsp3) is 0.700. The summed E-state index contributed by atoms with van der Waals surface area (Å²) in [5, 5.41) is -0.212. The topological polar surface area (TPSA) is 74.8 Å². The molecule has 1 aromatic heterocycles. The molecule has 1 aromatic rings. The highest BCUT2D eigenvalue weighted by Gasteiger charge is 2.26. The smallest absolute Gasteiger partial charge is 0.214 e. The van der Waals surface area contributed by atoms with Gasteiger partial charge in [0.25, 0.3) is 0 Å². The molecule has 0 aromatic carbocycles. The maximum atomic E-state index is 11.9. The minimum atomic E-state index is -3.17. The summed E-state index contributed by atoms with van der Waals surface area (Å²) in [6.45, 7) is 0.256. The molecule has 2 rings (SSSR count). The first-order valence-corrected chi connectivity index (χ1v) is 7.20. The van der Waals surface area contributed by atoms with Crippen molar-refractivity contribution in [1.82, 2.24) is 14.7 Å². The van der Waals surface area contributed by atoms with Crippen molar-refractivity contribution in [3.8, 4) is 0 Å². The molecule has 1 aliphatic rings. The van der Waals surface area contributed by atoms with E-state index in [0.717, 1.165) is 32.1 Å². The minimum absolute atomic E-state index is 0.212. The Morgan fingerprint density at radius 2 is 2.12 bits per heavy atom. The fourth-order valence-corrected chi connectivity index (χ4v) is 3.58. The van der Waals surface area contributed by atoms with Gasteiger partial charge in [-0.15, -0.1) is 0 Å². The molecular weight excluding hydrogens is 226 g/mol. The second-order valence-corrected chi connectivity index (χ2v) is 6.21. The Hall–Kier alpha value is -0.880. The lowest BCUT2D eigenvalue weighted by Crippen LogP contribution is -2.35. The van der Waals surface area contributed by atoms with Gasteiger partial charge in [-0.25, -0.2) is 18.1 Å². The van der Waals surface area contributed by atoms with E-state index in [4.69, 9.17) is 0 Å². The normalized spacial score (nSPS) is 18.8. The van der Waals surface area contributed by atoms with Crippen LogP contribution in [0.15, 0.2) is 12.4 Å². The molecule has 1 heterocycles. The molecule has 16 heavy (non-hydrogen) atoms. The first-order chi connectivity index (χ1) is 7.68. The Morgan fingerprint density at radius 1 is 1.38 bits per heavy atom. The average Bonchev–Trinajstić information content (AvgIpc) is 2.81. The molecule has 0 unspecified atom stereocenters. The Balaban J connectivity index is 1.91. The summed E-state index contributed by atoms with van der Waals surface area (Å²) in [5.41, 5.74) is 0. The Bertz CT molecular complexity index is 407. The first-order valence-electron chi connectivity index (χ1n) is 5.65. The van der Waals surface area contributed by atoms with E-state index in [2.05, 4.69) is 14.7 Å². The van der Waals surface area contributed by atoms with E-state index in [0.29, 0.717) is 5.82 Å². The minimum Gasteiger partial charge on any atom is -0.347 e. The molecule has 0 aliphatic heterocycles. The largest absolute Gasteiger partial charge is 0.347 e. The summed E-state index contributed by atoms with van der Waals surface area (Å²) >= 11 is 0. The standard InChI is InChI=1S/C10H17N3O2S/c14-16(15,9-4-2-1-3-5-9)13-8-10-11-6-7-12-10/h6-7,9,13H,1-5,8H2,(H,11,12). The van der Waals surface area contributed by atoms with Crippen molar-refractivity contribution in [2.24, 2.45) is 0 Å². The van der Waals surface area contributed by atoms with Crippen LogP contribution < -0.4 is 4.72 Å². The van der Waals surface area contributed by atoms with Gasteiger partial charge >= 0.3 is 0 Å². The Kier molecular flexibility index (Phi) is 3.60. The van der Waals surface area contributed by atoms with Gasteiger partial charge in [-0.3, -0.25) is 0 Å². The van der Waals surface area contributed by atoms with Gasteiger partial charge in [0.05, 0.1) is 11.8 Å². The van der Waals surface area contributed by atoms with Crippen LogP contribution in [0, 0.1) is 0 Å². The van der Waals surface area contributed by atoms with E-state index in [1.165, 1.54) is 0 Å². The molecule has 0 spiro atoms. The number of sulfonamides is 1. The molecule has 0 amide bonds. The van der Waals surface area contributed by atoms with E-state index >= 15 is 0 Å². The second kappa shape index (κ2) is 4.97. The number of imidazole rings is 1. The third kappa shape index (κ3) is 2.82. The molecule has 0 atom stereocenters. The maximum absolute atomic E-state index is 11.9. The van der Waals surface area contributed by atoms with Crippen LogP contribution in [0.2, 0.25) is 0 Å². The van der Waals surface area contributed by atoms with Crippen LogP contribution in [0.5, 0.6) is 0 Å². The van der Waals surface area contributed by atoms with Gasteiger partial charge in [0.2, 0.25) is 10.0 Å². The molecule has 90 valence electrons. The zero-order chi connectivity index (χ0) is 11.4. The van der Waals surface area contributed by atoms with Crippen LogP contribution in [0.4, 0.5) is 0 Å². The number of rotatable bonds is 4. The highest BCUT2D eigenvalue weighted by atomic mass is 32.2. The molecule has 0 bridgehead atoms. The maximum Gasteiger partial charge on any atom is 0.214 e. The summed E-state index contributed by atoms with van der Waals surface area (Å²) in [5.74, 6) is 0.652. The number of nitrogens with one attached hydrogen (secondary N) is 2. The van der Waals surface area contributed by atoms with Gasteiger partial charge in [-0.1, -0.05) is 19.3 Å². The molecule has 0 saturated heterocycles. The van der Waals surface area contributed by atoms with Crippen LogP contribution in [0.25, 0.3) is 0 Å². The van der Waals surface area contributed by atoms with Crippen molar-refractivity contribution in [3.05, 3.63) is 18.2 Å². The van der Waals surface area contributed by atoms with Gasteiger partial charge in [-0.05, 0) is 12.8 Å². The predicted molar refractivity (Wildman–Crippen MR) is 61.2 cm³/mol. The summed E-state index contributed by atoms with van der Waals surface area (Å²) in [6.07, 6.45) is 8.07. The lowest BCUT2D eigenvalue weighted by atomic mass is 10.0. The highest BCUT2D eigenvalue weighted by Crippen LogP contribution is 2.22. The zero-order valence-corrected chi connectivity index (χ0v) is 9.96. The summed E-state index contributed by atoms with van der Waals surface area (Å²) in [6, 6.07) is 0. The molecule has 1 saturated carbocycles. The molecular formula is C10H17N3O2S. The van der Waals surface area contributed by atoms with Crippen LogP contribution in [-0.4, -0.2) is 23.6 Å². The van der Waals surface area contributed by atoms with Gasteiger partial charge in [0, 0.05) is 12.4 Å². The van der Waals surface area contributed by atoms with Crippen molar-refractivity contribution in [2.75, 3.05) is 0 Å². The van der Waals surface area contributed by atoms with E-state index in [1.54, 1.807) is 12.4 Å². The Labute approximate surface area is 95.7 Å². The molecule has 0 radical (unpaired) electrons. The van der Waals surface area contributed by atoms with Gasteiger partial charge in [-0.2, -0.15) is 0 Å². The summed E-state index contributed by atoms with van der Waals surface area (Å²) < 4.78 is 26.5. The average molecular weight is 243 g/mol. The number of nitrogens with zero attached hydrogens (tertiary/aromatic N) is 1. The third-order valence-electron chi connectivity index (χ3n) is 2.99. The Morgan fingerprint density at radius 3 is 2.75 bits per heavy atom. The van der Waals surface area contributed by atoms with Crippen molar-refractivity contribution >= 4 is 10.0 Å². The lowest BCUT2D eigenvalue weighted by Gasteiger charge is -2.21. The lowest BCUT2D eigenvalue weighted by molar-refractivity contribution is 0.477. The number of aromatic nitrogens is 2. The molecule has 2 N–H and O–H groups in total. The molecule has 1 aliphatic carbocycles. The zero-order valence-electron chi connectivity index (χ0n) is 9.15. The highest BCUT2D eigenvalue weighted by molar-refractivity contribution is 7.90. The molecule has 1 fully saturated rings. The quantitative estimate of drug-likeness (QED) is 0.833. The van der Waals surface area contributed by atoms with Crippen molar-refractivity contribution in [3.63, 3.8) is 0 Å². The third-order valence-corrected chi connectivity index (χ3v) is 4.88. The first kappa shape index (κ1) is 11.6. The summed E-state index contributed by atoms with van der Waals surface area (Å²) in [4.78, 5) is 6.86. The number of hydrogen-bond acceptors (Lipinski definition) is 3. The number of hydrogen-bond donors (Lipinski definition) is 2. The summed E-state index contributed by atoms with van der Waals surface area (Å²) in [7, 11) is -3.17. The van der Waals surface area contributed by atoms with E-state index in [9.17, 15) is 8.42 Å². The van der Waals surface area contributed by atoms with Gasteiger partial charge < -0.3 is 4.98 Å². The monoisotopic (exact) mass is 243 g/mol. The van der Waals surface area contributed by atoms with Crippen molar-refractivity contribution < 1.29 is 8.42 Å². The van der Waals surface area contributed by atoms with Crippen LogP contribution >= 0.6 is 0 Å². The van der Waals surface area contributed by atoms with E-state index in [-0.39, 0.29) is 11.8 Å². The molecule has 6 heteroatoms. The predicted octanol–water partition coefficient (Wildman–Crippen LogP) is 1.16. The van der Waals surface area contributed by atoms with Gasteiger partial charge in [0.15, 0.2) is 0 Å². The SMILES string of the molecule is O=S(=O)(NCc1ncc[nH]1)C1CCCCC1. The van der Waals surface area contributed by atoms with E-state index < -0.39 is 10.0 Å². The van der Waals surface area contributed by atoms with Crippen LogP contribution in [0.1, 0.15) is 37.9 Å².